The molecule has 1 unspecified atom stereocenters. The Hall–Kier alpha value is -1.49. The van der Waals surface area contributed by atoms with Crippen LogP contribution < -0.4 is 0 Å². The highest BCUT2D eigenvalue weighted by Crippen LogP contribution is 2.23. The Kier molecular flexibility index (Phi) is 6.75. The number of ether oxygens (including phenoxy) is 2. The summed E-state index contributed by atoms with van der Waals surface area (Å²) in [6, 6.07) is 7.56. The van der Waals surface area contributed by atoms with E-state index >= 15 is 0 Å². The Morgan fingerprint density at radius 3 is 2.05 bits per heavy atom. The van der Waals surface area contributed by atoms with Crippen LogP contribution >= 0.6 is 11.8 Å². The molecule has 1 aromatic carbocycles. The van der Waals surface area contributed by atoms with Gasteiger partial charge in [0.05, 0.1) is 5.92 Å². The quantitative estimate of drug-likeness (QED) is 0.458. The van der Waals surface area contributed by atoms with Crippen molar-refractivity contribution in [1.82, 2.24) is 0 Å². The zero-order valence-electron chi connectivity index (χ0n) is 13.1. The molecule has 4 nitrogen and oxygen atoms in total. The van der Waals surface area contributed by atoms with E-state index in [9.17, 15) is 9.59 Å². The molecule has 1 rings (SSSR count). The Balaban J connectivity index is 2.60. The van der Waals surface area contributed by atoms with E-state index in [1.165, 1.54) is 0 Å². The Morgan fingerprint density at radius 1 is 1.00 bits per heavy atom. The molecule has 1 atom stereocenters. The second-order valence-corrected chi connectivity index (χ2v) is 6.50. The largest absolute Gasteiger partial charge is 0.425 e. The maximum Gasteiger partial charge on any atom is 0.375 e. The monoisotopic (exact) mass is 310 g/mol. The van der Waals surface area contributed by atoms with Crippen molar-refractivity contribution in [2.75, 3.05) is 0 Å². The summed E-state index contributed by atoms with van der Waals surface area (Å²) in [5, 5.41) is -0.478. The summed E-state index contributed by atoms with van der Waals surface area (Å²) in [4.78, 5) is 24.3. The molecule has 0 amide bonds. The van der Waals surface area contributed by atoms with Crippen LogP contribution in [0.4, 0.5) is 4.79 Å². The van der Waals surface area contributed by atoms with Crippen molar-refractivity contribution in [1.29, 1.82) is 0 Å². The first kappa shape index (κ1) is 17.6. The van der Waals surface area contributed by atoms with E-state index in [2.05, 4.69) is 0 Å². The molecule has 116 valence electrons. The average Bonchev–Trinajstić information content (AvgIpc) is 2.40. The van der Waals surface area contributed by atoms with E-state index in [4.69, 9.17) is 9.47 Å². The van der Waals surface area contributed by atoms with Crippen molar-refractivity contribution in [3.63, 3.8) is 0 Å². The van der Waals surface area contributed by atoms with Gasteiger partial charge in [0, 0.05) is 10.8 Å². The van der Waals surface area contributed by atoms with Gasteiger partial charge in [0.1, 0.15) is 0 Å². The van der Waals surface area contributed by atoms with Gasteiger partial charge in [-0.05, 0) is 30.8 Å². The molecule has 0 N–H and O–H groups in total. The van der Waals surface area contributed by atoms with Crippen LogP contribution in [0.2, 0.25) is 0 Å². The summed E-state index contributed by atoms with van der Waals surface area (Å²) < 4.78 is 10.5. The van der Waals surface area contributed by atoms with Gasteiger partial charge in [-0.25, -0.2) is 4.79 Å². The lowest BCUT2D eigenvalue weighted by Gasteiger charge is -2.22. The number of hydrogen-bond donors (Lipinski definition) is 0. The summed E-state index contributed by atoms with van der Waals surface area (Å²) in [5.41, 5.74) is 1.12. The van der Waals surface area contributed by atoms with Crippen LogP contribution in [0, 0.1) is 18.8 Å². The molecule has 5 heteroatoms. The number of thioether (sulfide) groups is 1. The Labute approximate surface area is 130 Å². The van der Waals surface area contributed by atoms with Gasteiger partial charge in [0.15, 0.2) is 0 Å². The lowest BCUT2D eigenvalue weighted by atomic mass is 10.2. The molecular formula is C16H22O4S. The van der Waals surface area contributed by atoms with E-state index in [0.29, 0.717) is 0 Å². The van der Waals surface area contributed by atoms with Crippen molar-refractivity contribution in [3.8, 4) is 0 Å². The minimum Gasteiger partial charge on any atom is -0.425 e. The van der Waals surface area contributed by atoms with Gasteiger partial charge in [-0.3, -0.25) is 4.79 Å². The third kappa shape index (κ3) is 6.21. The Morgan fingerprint density at radius 2 is 1.57 bits per heavy atom. The van der Waals surface area contributed by atoms with Crippen LogP contribution in [0.5, 0.6) is 0 Å². The molecule has 0 saturated heterocycles. The lowest BCUT2D eigenvalue weighted by molar-refractivity contribution is -0.177. The minimum atomic E-state index is -0.856. The second kappa shape index (κ2) is 8.08. The zero-order valence-corrected chi connectivity index (χ0v) is 13.9. The number of rotatable bonds is 5. The van der Waals surface area contributed by atoms with Gasteiger partial charge < -0.3 is 9.47 Å². The fourth-order valence-corrected chi connectivity index (χ4v) is 1.98. The first-order valence-electron chi connectivity index (χ1n) is 6.95. The van der Waals surface area contributed by atoms with Gasteiger partial charge in [0.25, 0.3) is 6.29 Å². The highest BCUT2D eigenvalue weighted by Gasteiger charge is 2.24. The van der Waals surface area contributed by atoms with Gasteiger partial charge in [-0.1, -0.05) is 45.4 Å². The molecule has 0 fully saturated rings. The maximum absolute atomic E-state index is 11.9. The molecule has 0 heterocycles. The number of carbonyl (C=O) groups excluding carboxylic acids is 2. The molecule has 0 aliphatic heterocycles. The summed E-state index contributed by atoms with van der Waals surface area (Å²) in [6.45, 7) is 9.13. The van der Waals surface area contributed by atoms with E-state index < -0.39 is 11.6 Å². The van der Waals surface area contributed by atoms with Gasteiger partial charge in [-0.15, -0.1) is 0 Å². The van der Waals surface area contributed by atoms with Gasteiger partial charge in [-0.2, -0.15) is 0 Å². The Bertz CT molecular complexity index is 480. The van der Waals surface area contributed by atoms with Gasteiger partial charge >= 0.3 is 11.3 Å². The van der Waals surface area contributed by atoms with E-state index in [1.807, 2.05) is 45.0 Å². The topological polar surface area (TPSA) is 52.6 Å². The predicted octanol–water partition coefficient (Wildman–Crippen LogP) is 4.41. The molecule has 1 aromatic rings. The predicted molar refractivity (Wildman–Crippen MR) is 83.1 cm³/mol. The minimum absolute atomic E-state index is 0.102. The molecule has 21 heavy (non-hydrogen) atoms. The molecular weight excluding hydrogens is 288 g/mol. The summed E-state index contributed by atoms with van der Waals surface area (Å²) >= 11 is 0.981. The van der Waals surface area contributed by atoms with E-state index in [-0.39, 0.29) is 17.8 Å². The molecule has 0 aromatic heterocycles. The zero-order chi connectivity index (χ0) is 16.0. The first-order valence-corrected chi connectivity index (χ1v) is 7.77. The lowest BCUT2D eigenvalue weighted by Crippen LogP contribution is -2.29. The fraction of sp³-hybridized carbons (Fsp3) is 0.500. The molecule has 0 aliphatic rings. The highest BCUT2D eigenvalue weighted by atomic mass is 32.2. The van der Waals surface area contributed by atoms with Gasteiger partial charge in [0.2, 0.25) is 0 Å². The maximum atomic E-state index is 11.9. The average molecular weight is 310 g/mol. The fourth-order valence-electron chi connectivity index (χ4n) is 1.37. The molecule has 0 radical (unpaired) electrons. The number of aryl methyl sites for hydroxylation is 1. The third-order valence-corrected chi connectivity index (χ3v) is 3.45. The van der Waals surface area contributed by atoms with Crippen molar-refractivity contribution in [2.45, 2.75) is 45.8 Å². The summed E-state index contributed by atoms with van der Waals surface area (Å²) in [5.74, 6) is -0.730. The van der Waals surface area contributed by atoms with Crippen LogP contribution in [0.25, 0.3) is 0 Å². The molecule has 0 spiro atoms. The van der Waals surface area contributed by atoms with Crippen LogP contribution in [-0.4, -0.2) is 17.6 Å². The third-order valence-electron chi connectivity index (χ3n) is 2.68. The highest BCUT2D eigenvalue weighted by molar-refractivity contribution is 8.13. The van der Waals surface area contributed by atoms with Crippen LogP contribution in [-0.2, 0) is 14.3 Å². The molecule has 0 saturated carbocycles. The van der Waals surface area contributed by atoms with E-state index in [0.717, 1.165) is 22.2 Å². The SMILES string of the molecule is Cc1ccc(SC(=O)OC(OC(=O)C(C)C)C(C)C)cc1. The summed E-state index contributed by atoms with van der Waals surface area (Å²) in [7, 11) is 0. The number of benzene rings is 1. The van der Waals surface area contributed by atoms with Crippen molar-refractivity contribution >= 4 is 23.0 Å². The number of hydrogen-bond acceptors (Lipinski definition) is 5. The second-order valence-electron chi connectivity index (χ2n) is 5.49. The number of carbonyl (C=O) groups is 2. The number of esters is 1. The van der Waals surface area contributed by atoms with Crippen molar-refractivity contribution < 1.29 is 19.1 Å². The smallest absolute Gasteiger partial charge is 0.375 e. The van der Waals surface area contributed by atoms with E-state index in [1.54, 1.807) is 13.8 Å². The van der Waals surface area contributed by atoms with Crippen LogP contribution in [0.3, 0.4) is 0 Å². The van der Waals surface area contributed by atoms with Crippen molar-refractivity contribution in [3.05, 3.63) is 29.8 Å². The normalized spacial score (nSPS) is 12.3. The first-order chi connectivity index (χ1) is 9.79. The van der Waals surface area contributed by atoms with Crippen molar-refractivity contribution in [2.24, 2.45) is 11.8 Å². The van der Waals surface area contributed by atoms with Crippen LogP contribution in [0.1, 0.15) is 33.3 Å². The standard InChI is InChI=1S/C16H22O4S/c1-10(2)14(17)19-15(11(3)4)20-16(18)21-13-8-6-12(5)7-9-13/h6-11,15H,1-5H3. The van der Waals surface area contributed by atoms with Crippen LogP contribution in [0.15, 0.2) is 29.2 Å². The molecule has 0 bridgehead atoms. The molecule has 0 aliphatic carbocycles. The summed E-state index contributed by atoms with van der Waals surface area (Å²) in [6.07, 6.45) is -0.856.